The van der Waals surface area contributed by atoms with Gasteiger partial charge in [0.15, 0.2) is 27.3 Å². The van der Waals surface area contributed by atoms with Gasteiger partial charge in [0, 0.05) is 24.7 Å². The minimum atomic E-state index is -1.37. The van der Waals surface area contributed by atoms with Crippen LogP contribution >= 0.6 is 0 Å². The average molecular weight is 363 g/mol. The Kier molecular flexibility index (Phi) is 4.12. The van der Waals surface area contributed by atoms with E-state index in [1.165, 1.54) is 20.3 Å². The van der Waals surface area contributed by atoms with Crippen molar-refractivity contribution in [2.24, 2.45) is 0 Å². The van der Waals surface area contributed by atoms with Crippen LogP contribution in [0.3, 0.4) is 0 Å². The number of benzene rings is 1. The average Bonchev–Trinajstić information content (AvgIpc) is 2.74. The zero-order chi connectivity index (χ0) is 19.4. The highest BCUT2D eigenvalue weighted by Gasteiger charge is 2.36. The summed E-state index contributed by atoms with van der Waals surface area (Å²) in [6.45, 7) is 4.45. The van der Waals surface area contributed by atoms with Gasteiger partial charge in [-0.25, -0.2) is 18.0 Å². The van der Waals surface area contributed by atoms with E-state index in [9.17, 15) is 18.0 Å². The van der Waals surface area contributed by atoms with Gasteiger partial charge in [0.1, 0.15) is 11.6 Å². The summed E-state index contributed by atoms with van der Waals surface area (Å²) in [6, 6.07) is 2.80. The van der Waals surface area contributed by atoms with Crippen molar-refractivity contribution in [3.05, 3.63) is 51.7 Å². The summed E-state index contributed by atoms with van der Waals surface area (Å²) in [6.07, 6.45) is 0. The first-order valence-electron chi connectivity index (χ1n) is 8.12. The van der Waals surface area contributed by atoms with Crippen LogP contribution in [0.1, 0.15) is 19.4 Å². The van der Waals surface area contributed by atoms with E-state index in [0.717, 1.165) is 6.07 Å². The topological polar surface area (TPSA) is 47.4 Å². The molecule has 0 amide bonds. The Morgan fingerprint density at radius 3 is 2.42 bits per heavy atom. The molecule has 136 valence electrons. The Labute approximate surface area is 150 Å². The highest BCUT2D eigenvalue weighted by Crippen LogP contribution is 2.33. The van der Waals surface area contributed by atoms with Gasteiger partial charge in [0.05, 0.1) is 17.5 Å². The molecule has 0 aliphatic carbocycles. The number of anilines is 1. The van der Waals surface area contributed by atoms with Crippen LogP contribution in [0, 0.1) is 17.5 Å². The lowest BCUT2D eigenvalue weighted by Gasteiger charge is -2.29. The molecule has 1 aromatic heterocycles. The van der Waals surface area contributed by atoms with E-state index in [1.807, 2.05) is 25.8 Å². The molecule has 2 aromatic rings. The Morgan fingerprint density at radius 1 is 1.15 bits per heavy atom. The fraction of sp³-hybridized carbons (Fsp3) is 0.375. The lowest BCUT2D eigenvalue weighted by atomic mass is 9.61. The van der Waals surface area contributed by atoms with Gasteiger partial charge in [-0.1, -0.05) is 0 Å². The molecule has 0 fully saturated rings. The third kappa shape index (κ3) is 2.97. The number of hydrogen-bond donors (Lipinski definition) is 0. The van der Waals surface area contributed by atoms with Crippen LogP contribution in [0.25, 0.3) is 0 Å². The molecule has 0 unspecified atom stereocenters. The standard InChI is InChI=1S/C16H18B2F3N3O2/c1-15(2)7-24-13(23(15)3)6-12(22-14(24)25)26-16(17,18)8-4-10(20)11(21)5-9(8)19/h4-6H,7,17-18H2,1-3H3. The maximum absolute atomic E-state index is 14.1. The Balaban J connectivity index is 2.00. The van der Waals surface area contributed by atoms with Crippen LogP contribution in [-0.2, 0) is 11.9 Å². The number of likely N-dealkylation sites (N-methyl/N-ethyl adjacent to an activating group) is 1. The zero-order valence-corrected chi connectivity index (χ0v) is 15.2. The summed E-state index contributed by atoms with van der Waals surface area (Å²) < 4.78 is 48.1. The van der Waals surface area contributed by atoms with Crippen molar-refractivity contribution in [2.45, 2.75) is 31.3 Å². The molecular formula is C16H18B2F3N3O2. The number of aromatic nitrogens is 2. The van der Waals surface area contributed by atoms with E-state index >= 15 is 0 Å². The molecule has 0 spiro atoms. The minimum absolute atomic E-state index is 0.0140. The van der Waals surface area contributed by atoms with Crippen molar-refractivity contribution in [1.82, 2.24) is 9.55 Å². The molecule has 0 N–H and O–H groups in total. The van der Waals surface area contributed by atoms with Crippen LogP contribution in [0.5, 0.6) is 5.88 Å². The molecule has 1 aromatic carbocycles. The molecule has 0 bridgehead atoms. The molecule has 1 aliphatic rings. The molecule has 10 heteroatoms. The summed E-state index contributed by atoms with van der Waals surface area (Å²) in [5.41, 5.74) is -0.933. The predicted octanol–water partition coefficient (Wildman–Crippen LogP) is 0.344. The summed E-state index contributed by atoms with van der Waals surface area (Å²) in [7, 11) is 4.83. The highest BCUT2D eigenvalue weighted by molar-refractivity contribution is 6.39. The SMILES string of the molecule is BC(B)(Oc1cc2n(c(=O)n1)CC(C)(C)N2C)c1cc(F)c(F)cc1F. The van der Waals surface area contributed by atoms with Crippen LogP contribution in [0.15, 0.2) is 23.0 Å². The zero-order valence-electron chi connectivity index (χ0n) is 15.2. The van der Waals surface area contributed by atoms with Gasteiger partial charge in [-0.05, 0) is 19.9 Å². The Hall–Kier alpha value is -2.38. The maximum atomic E-state index is 14.1. The molecule has 1 aliphatic heterocycles. The van der Waals surface area contributed by atoms with Gasteiger partial charge in [-0.3, -0.25) is 4.57 Å². The molecular weight excluding hydrogens is 345 g/mol. The molecule has 0 atom stereocenters. The lowest BCUT2D eigenvalue weighted by molar-refractivity contribution is 0.226. The number of nitrogens with zero attached hydrogens (tertiary/aromatic N) is 3. The summed E-state index contributed by atoms with van der Waals surface area (Å²) in [5, 5.41) is -1.37. The van der Waals surface area contributed by atoms with Gasteiger partial charge in [0.25, 0.3) is 0 Å². The smallest absolute Gasteiger partial charge is 0.352 e. The van der Waals surface area contributed by atoms with Gasteiger partial charge < -0.3 is 9.64 Å². The third-order valence-corrected chi connectivity index (χ3v) is 4.78. The normalized spacial score (nSPS) is 15.8. The number of rotatable bonds is 3. The fourth-order valence-corrected chi connectivity index (χ4v) is 3.06. The Bertz CT molecular complexity index is 947. The quantitative estimate of drug-likeness (QED) is 0.583. The predicted molar refractivity (Wildman–Crippen MR) is 96.7 cm³/mol. The van der Waals surface area contributed by atoms with Crippen molar-refractivity contribution >= 4 is 21.5 Å². The summed E-state index contributed by atoms with van der Waals surface area (Å²) in [5.74, 6) is -2.79. The minimum Gasteiger partial charge on any atom is -0.485 e. The van der Waals surface area contributed by atoms with Gasteiger partial charge in [-0.15, -0.1) is 0 Å². The maximum Gasteiger partial charge on any atom is 0.352 e. The molecule has 0 saturated carbocycles. The number of fused-ring (bicyclic) bond motifs is 1. The van der Waals surface area contributed by atoms with Crippen LogP contribution in [0.4, 0.5) is 19.0 Å². The fourth-order valence-electron chi connectivity index (χ4n) is 3.06. The van der Waals surface area contributed by atoms with Gasteiger partial charge in [0.2, 0.25) is 5.88 Å². The van der Waals surface area contributed by atoms with Crippen molar-refractivity contribution in [3.63, 3.8) is 0 Å². The van der Waals surface area contributed by atoms with Gasteiger partial charge >= 0.3 is 5.69 Å². The number of ether oxygens (including phenoxy) is 1. The van der Waals surface area contributed by atoms with E-state index in [1.54, 1.807) is 6.07 Å². The first-order chi connectivity index (χ1) is 11.9. The van der Waals surface area contributed by atoms with Crippen molar-refractivity contribution in [3.8, 4) is 5.88 Å². The first-order valence-corrected chi connectivity index (χ1v) is 8.12. The van der Waals surface area contributed by atoms with E-state index in [-0.39, 0.29) is 17.0 Å². The second kappa shape index (κ2) is 5.82. The van der Waals surface area contributed by atoms with E-state index < -0.39 is 28.5 Å². The highest BCUT2D eigenvalue weighted by atomic mass is 19.2. The van der Waals surface area contributed by atoms with Gasteiger partial charge in [-0.2, -0.15) is 4.98 Å². The molecule has 0 saturated heterocycles. The molecule has 0 radical (unpaired) electrons. The Morgan fingerprint density at radius 2 is 1.77 bits per heavy atom. The number of halogens is 3. The van der Waals surface area contributed by atoms with E-state index in [0.29, 0.717) is 18.4 Å². The largest absolute Gasteiger partial charge is 0.485 e. The van der Waals surface area contributed by atoms with Crippen LogP contribution < -0.4 is 15.3 Å². The molecule has 3 rings (SSSR count). The molecule has 2 heterocycles. The summed E-state index contributed by atoms with van der Waals surface area (Å²) in [4.78, 5) is 18.1. The van der Waals surface area contributed by atoms with Crippen molar-refractivity contribution < 1.29 is 17.9 Å². The van der Waals surface area contributed by atoms with Crippen LogP contribution in [0.2, 0.25) is 0 Å². The number of hydrogen-bond acceptors (Lipinski definition) is 4. The second-order valence-electron chi connectivity index (χ2n) is 7.55. The monoisotopic (exact) mass is 363 g/mol. The molecule has 26 heavy (non-hydrogen) atoms. The van der Waals surface area contributed by atoms with E-state index in [2.05, 4.69) is 4.98 Å². The van der Waals surface area contributed by atoms with E-state index in [4.69, 9.17) is 4.74 Å². The van der Waals surface area contributed by atoms with Crippen molar-refractivity contribution in [2.75, 3.05) is 11.9 Å². The van der Waals surface area contributed by atoms with Crippen molar-refractivity contribution in [1.29, 1.82) is 0 Å². The lowest BCUT2D eigenvalue weighted by Crippen LogP contribution is -2.38. The second-order valence-corrected chi connectivity index (χ2v) is 7.55. The molecule has 5 nitrogen and oxygen atoms in total. The summed E-state index contributed by atoms with van der Waals surface area (Å²) >= 11 is 0. The first kappa shape index (κ1) is 18.4. The third-order valence-electron chi connectivity index (χ3n) is 4.78. The van der Waals surface area contributed by atoms with Crippen LogP contribution in [-0.4, -0.2) is 37.8 Å².